The maximum absolute atomic E-state index is 2.51. The van der Waals surface area contributed by atoms with Gasteiger partial charge in [-0.25, -0.2) is 0 Å². The monoisotopic (exact) mass is 836 g/mol. The predicted molar refractivity (Wildman–Crippen MR) is 273 cm³/mol. The summed E-state index contributed by atoms with van der Waals surface area (Å²) in [4.78, 5) is 2.47. The first kappa shape index (κ1) is 39.2. The van der Waals surface area contributed by atoms with Gasteiger partial charge in [0.1, 0.15) is 0 Å². The van der Waals surface area contributed by atoms with E-state index < -0.39 is 5.41 Å². The van der Waals surface area contributed by atoms with E-state index in [9.17, 15) is 0 Å². The number of para-hydroxylation sites is 1. The summed E-state index contributed by atoms with van der Waals surface area (Å²) in [7, 11) is 0. The molecule has 2 aliphatic carbocycles. The number of nitrogens with zero attached hydrogens (tertiary/aromatic N) is 2. The zero-order chi connectivity index (χ0) is 43.9. The summed E-state index contributed by atoms with van der Waals surface area (Å²) in [5.41, 5.74) is 19.7. The smallest absolute Gasteiger partial charge is 0.0714 e. The van der Waals surface area contributed by atoms with Crippen LogP contribution < -0.4 is 4.90 Å². The van der Waals surface area contributed by atoms with Crippen molar-refractivity contribution in [2.45, 2.75) is 56.8 Å². The molecule has 314 valence electrons. The lowest BCUT2D eigenvalue weighted by atomic mass is 9.63. The first-order valence-corrected chi connectivity index (χ1v) is 23.2. The molecular formula is C63H52N2. The summed E-state index contributed by atoms with van der Waals surface area (Å²) in [5, 5.41) is 2.51. The summed E-state index contributed by atoms with van der Waals surface area (Å²) >= 11 is 0. The normalized spacial score (nSPS) is 15.3. The molecule has 1 aromatic heterocycles. The minimum Gasteiger partial charge on any atom is -0.310 e. The highest BCUT2D eigenvalue weighted by molar-refractivity contribution is 6.10. The molecule has 65 heavy (non-hydrogen) atoms. The van der Waals surface area contributed by atoms with E-state index in [1.54, 1.807) is 0 Å². The highest BCUT2D eigenvalue weighted by Crippen LogP contribution is 2.57. The molecule has 0 unspecified atom stereocenters. The number of rotatable bonds is 7. The molecule has 12 rings (SSSR count). The van der Waals surface area contributed by atoms with Gasteiger partial charge in [0.25, 0.3) is 0 Å². The van der Waals surface area contributed by atoms with Crippen LogP contribution in [0.15, 0.2) is 218 Å². The van der Waals surface area contributed by atoms with E-state index in [0.717, 1.165) is 17.1 Å². The number of benzene rings is 9. The van der Waals surface area contributed by atoms with E-state index in [2.05, 4.69) is 256 Å². The van der Waals surface area contributed by atoms with Crippen molar-refractivity contribution >= 4 is 38.9 Å². The molecule has 0 saturated heterocycles. The van der Waals surface area contributed by atoms with E-state index in [0.29, 0.717) is 0 Å². The van der Waals surface area contributed by atoms with Gasteiger partial charge in [-0.1, -0.05) is 191 Å². The Morgan fingerprint density at radius 1 is 0.369 bits per heavy atom. The summed E-state index contributed by atoms with van der Waals surface area (Å²) in [5.74, 6) is 0. The lowest BCUT2D eigenvalue weighted by Gasteiger charge is -2.42. The maximum Gasteiger partial charge on any atom is 0.0714 e. The van der Waals surface area contributed by atoms with Crippen LogP contribution in [0.3, 0.4) is 0 Å². The molecule has 1 heterocycles. The Balaban J connectivity index is 1.11. The molecule has 2 heteroatoms. The highest BCUT2D eigenvalue weighted by atomic mass is 15.1. The number of hydrogen-bond acceptors (Lipinski definition) is 1. The van der Waals surface area contributed by atoms with Crippen LogP contribution in [0.25, 0.3) is 49.7 Å². The molecule has 2 aliphatic rings. The molecule has 0 aliphatic heterocycles. The highest BCUT2D eigenvalue weighted by Gasteiger charge is 2.46. The van der Waals surface area contributed by atoms with Gasteiger partial charge in [0.15, 0.2) is 0 Å². The van der Waals surface area contributed by atoms with Crippen molar-refractivity contribution in [3.05, 3.63) is 252 Å². The van der Waals surface area contributed by atoms with E-state index in [-0.39, 0.29) is 10.8 Å². The van der Waals surface area contributed by atoms with Crippen molar-refractivity contribution in [2.24, 2.45) is 0 Å². The van der Waals surface area contributed by atoms with Crippen LogP contribution >= 0.6 is 0 Å². The molecule has 0 radical (unpaired) electrons. The van der Waals surface area contributed by atoms with Crippen molar-refractivity contribution in [3.63, 3.8) is 0 Å². The predicted octanol–water partition coefficient (Wildman–Crippen LogP) is 16.6. The molecule has 10 aromatic rings. The first-order valence-electron chi connectivity index (χ1n) is 23.2. The fourth-order valence-corrected chi connectivity index (χ4v) is 11.5. The number of fused-ring (bicyclic) bond motifs is 7. The molecular weight excluding hydrogens is 785 g/mol. The van der Waals surface area contributed by atoms with Gasteiger partial charge < -0.3 is 9.47 Å². The van der Waals surface area contributed by atoms with Crippen molar-refractivity contribution in [2.75, 3.05) is 4.90 Å². The van der Waals surface area contributed by atoms with Crippen LogP contribution in [-0.2, 0) is 16.2 Å². The SMILES string of the molecule is CC1(C)CCC(C)(C)c2cc(-n3c4ccccc4c4ccc(N(c5ccc(-c6ccccc6)cc5)c5ccc6c(c5)C(c5ccccc5)(c5ccccc5)c5ccccc5-6)cc43)ccc21. The second-order valence-electron chi connectivity index (χ2n) is 19.6. The third-order valence-corrected chi connectivity index (χ3v) is 14.9. The number of hydrogen-bond donors (Lipinski definition) is 0. The van der Waals surface area contributed by atoms with Gasteiger partial charge in [-0.2, -0.15) is 0 Å². The van der Waals surface area contributed by atoms with Crippen molar-refractivity contribution < 1.29 is 0 Å². The quantitative estimate of drug-likeness (QED) is 0.155. The number of aromatic nitrogens is 1. The van der Waals surface area contributed by atoms with Crippen LogP contribution in [0, 0.1) is 0 Å². The lowest BCUT2D eigenvalue weighted by molar-refractivity contribution is 0.332. The molecule has 0 fully saturated rings. The van der Waals surface area contributed by atoms with Crippen molar-refractivity contribution in [3.8, 4) is 27.9 Å². The van der Waals surface area contributed by atoms with E-state index in [4.69, 9.17) is 0 Å². The second kappa shape index (κ2) is 14.8. The molecule has 9 aromatic carbocycles. The van der Waals surface area contributed by atoms with E-state index >= 15 is 0 Å². The van der Waals surface area contributed by atoms with E-state index in [1.807, 2.05) is 0 Å². The molecule has 0 spiro atoms. The molecule has 0 N–H and O–H groups in total. The minimum absolute atomic E-state index is 0.0927. The first-order chi connectivity index (χ1) is 31.7. The molecule has 0 saturated carbocycles. The second-order valence-corrected chi connectivity index (χ2v) is 19.6. The zero-order valence-electron chi connectivity index (χ0n) is 37.6. The Bertz CT molecular complexity index is 3370. The van der Waals surface area contributed by atoms with Crippen LogP contribution in [-0.4, -0.2) is 4.57 Å². The standard InChI is InChI=1S/C63H52N2/c1-61(2)38-39-62(3,4)58-41-49(34-37-56(58)61)65-59-27-17-15-25-53(59)54-36-33-50(42-60(54)65)64(47-30-28-44(29-31-47)43-18-8-5-9-19-43)48-32-35-52-51-24-14-16-26-55(51)63(57(52)40-48,45-20-10-6-11-21-45)46-22-12-7-13-23-46/h5-37,40-42H,38-39H2,1-4H3. The van der Waals surface area contributed by atoms with Crippen molar-refractivity contribution in [1.82, 2.24) is 4.57 Å². The number of anilines is 3. The van der Waals surface area contributed by atoms with Gasteiger partial charge in [-0.3, -0.25) is 0 Å². The van der Waals surface area contributed by atoms with Crippen LogP contribution in [0.4, 0.5) is 17.1 Å². The molecule has 0 atom stereocenters. The molecule has 0 bridgehead atoms. The van der Waals surface area contributed by atoms with Crippen molar-refractivity contribution in [1.29, 1.82) is 0 Å². The Morgan fingerprint density at radius 3 is 1.63 bits per heavy atom. The van der Waals surface area contributed by atoms with Gasteiger partial charge in [0.2, 0.25) is 0 Å². The van der Waals surface area contributed by atoms with Crippen LogP contribution in [0.2, 0.25) is 0 Å². The van der Waals surface area contributed by atoms with E-state index in [1.165, 1.54) is 96.0 Å². The average molecular weight is 837 g/mol. The Hall–Kier alpha value is -7.42. The minimum atomic E-state index is -0.515. The molecule has 2 nitrogen and oxygen atoms in total. The zero-order valence-corrected chi connectivity index (χ0v) is 37.6. The Kier molecular flexibility index (Phi) is 8.94. The van der Waals surface area contributed by atoms with Crippen LogP contribution in [0.5, 0.6) is 0 Å². The van der Waals surface area contributed by atoms with Gasteiger partial charge >= 0.3 is 0 Å². The van der Waals surface area contributed by atoms with Gasteiger partial charge in [0, 0.05) is 33.5 Å². The Labute approximate surface area is 383 Å². The third kappa shape index (κ3) is 6.07. The summed E-state index contributed by atoms with van der Waals surface area (Å²) in [6, 6.07) is 81.5. The fourth-order valence-electron chi connectivity index (χ4n) is 11.5. The Morgan fingerprint density at radius 2 is 0.908 bits per heavy atom. The van der Waals surface area contributed by atoms with Gasteiger partial charge in [-0.05, 0) is 134 Å². The molecule has 0 amide bonds. The van der Waals surface area contributed by atoms with Gasteiger partial charge in [0.05, 0.1) is 16.4 Å². The lowest BCUT2D eigenvalue weighted by Crippen LogP contribution is -2.33. The fraction of sp³-hybridized carbons (Fsp3) is 0.143. The third-order valence-electron chi connectivity index (χ3n) is 14.9. The average Bonchev–Trinajstić information content (AvgIpc) is 3.84. The maximum atomic E-state index is 2.51. The summed E-state index contributed by atoms with van der Waals surface area (Å²) < 4.78 is 2.51. The van der Waals surface area contributed by atoms with Gasteiger partial charge in [-0.15, -0.1) is 0 Å². The van der Waals surface area contributed by atoms with Crippen LogP contribution in [0.1, 0.15) is 73.9 Å². The summed E-state index contributed by atoms with van der Waals surface area (Å²) in [6.45, 7) is 9.68. The summed E-state index contributed by atoms with van der Waals surface area (Å²) in [6.07, 6.45) is 2.37. The largest absolute Gasteiger partial charge is 0.310 e. The topological polar surface area (TPSA) is 8.17 Å².